The van der Waals surface area contributed by atoms with E-state index < -0.39 is 0 Å². The molecule has 0 aliphatic heterocycles. The molecule has 1 aromatic heterocycles. The summed E-state index contributed by atoms with van der Waals surface area (Å²) in [5.41, 5.74) is 7.47. The first-order valence-electron chi connectivity index (χ1n) is 4.86. The van der Waals surface area contributed by atoms with E-state index in [2.05, 4.69) is 21.0 Å². The number of rotatable bonds is 2. The third-order valence-electron chi connectivity index (χ3n) is 2.46. The highest BCUT2D eigenvalue weighted by Crippen LogP contribution is 2.35. The second-order valence-electron chi connectivity index (χ2n) is 3.52. The molecule has 17 heavy (non-hydrogen) atoms. The van der Waals surface area contributed by atoms with Crippen molar-refractivity contribution < 1.29 is 4.74 Å². The van der Waals surface area contributed by atoms with Crippen LogP contribution in [0.4, 0.5) is 5.82 Å². The molecule has 0 saturated heterocycles. The van der Waals surface area contributed by atoms with Crippen LogP contribution in [0.1, 0.15) is 0 Å². The van der Waals surface area contributed by atoms with E-state index in [0.717, 1.165) is 15.7 Å². The van der Waals surface area contributed by atoms with Crippen molar-refractivity contribution in [3.63, 3.8) is 0 Å². The number of halogens is 2. The zero-order valence-corrected chi connectivity index (χ0v) is 11.7. The van der Waals surface area contributed by atoms with Crippen LogP contribution < -0.4 is 10.5 Å². The van der Waals surface area contributed by atoms with E-state index in [0.29, 0.717) is 16.6 Å². The first-order valence-corrected chi connectivity index (χ1v) is 6.03. The Labute approximate surface area is 112 Å². The molecule has 0 fully saturated rings. The molecule has 0 spiro atoms. The molecule has 2 rings (SSSR count). The molecule has 0 unspecified atom stereocenters. The van der Waals surface area contributed by atoms with Crippen molar-refractivity contribution in [2.24, 2.45) is 7.05 Å². The first-order chi connectivity index (χ1) is 8.04. The van der Waals surface area contributed by atoms with Gasteiger partial charge < -0.3 is 10.5 Å². The third-order valence-corrected chi connectivity index (χ3v) is 3.53. The molecule has 0 bridgehead atoms. The summed E-state index contributed by atoms with van der Waals surface area (Å²) >= 11 is 9.49. The van der Waals surface area contributed by atoms with Gasteiger partial charge in [-0.3, -0.25) is 4.68 Å². The summed E-state index contributed by atoms with van der Waals surface area (Å²) in [4.78, 5) is 0. The van der Waals surface area contributed by atoms with Crippen LogP contribution in [0.5, 0.6) is 5.75 Å². The van der Waals surface area contributed by atoms with E-state index in [1.807, 2.05) is 6.07 Å². The molecule has 6 heteroatoms. The molecule has 1 aromatic carbocycles. The molecule has 0 atom stereocenters. The number of ether oxygens (including phenoxy) is 1. The van der Waals surface area contributed by atoms with Gasteiger partial charge in [0.25, 0.3) is 0 Å². The second kappa shape index (κ2) is 4.58. The molecule has 0 aliphatic carbocycles. The number of benzene rings is 1. The highest BCUT2D eigenvalue weighted by molar-refractivity contribution is 9.10. The van der Waals surface area contributed by atoms with Crippen molar-refractivity contribution in [2.45, 2.75) is 0 Å². The Morgan fingerprint density at radius 2 is 2.18 bits per heavy atom. The number of aryl methyl sites for hydroxylation is 1. The molecular formula is C11H11BrClN3O. The highest BCUT2D eigenvalue weighted by Gasteiger charge is 2.14. The van der Waals surface area contributed by atoms with E-state index in [-0.39, 0.29) is 0 Å². The molecular weight excluding hydrogens is 305 g/mol. The number of nitrogen functional groups attached to an aromatic ring is 1. The van der Waals surface area contributed by atoms with Gasteiger partial charge in [-0.05, 0) is 34.1 Å². The van der Waals surface area contributed by atoms with Gasteiger partial charge in [0, 0.05) is 12.6 Å². The Morgan fingerprint density at radius 3 is 2.65 bits per heavy atom. The maximum absolute atomic E-state index is 6.07. The molecule has 1 heterocycles. The van der Waals surface area contributed by atoms with Gasteiger partial charge in [-0.1, -0.05) is 11.6 Å². The molecule has 0 saturated carbocycles. The lowest BCUT2D eigenvalue weighted by Gasteiger charge is -2.04. The maximum atomic E-state index is 6.07. The number of hydrogen-bond donors (Lipinski definition) is 1. The molecule has 0 aliphatic rings. The van der Waals surface area contributed by atoms with Crippen LogP contribution in [0.25, 0.3) is 11.3 Å². The Hall–Kier alpha value is -1.20. The predicted molar refractivity (Wildman–Crippen MR) is 72.3 cm³/mol. The summed E-state index contributed by atoms with van der Waals surface area (Å²) in [7, 11) is 3.37. The van der Waals surface area contributed by atoms with Crippen LogP contribution in [0.15, 0.2) is 22.7 Å². The zero-order valence-electron chi connectivity index (χ0n) is 9.37. The smallest absolute Gasteiger partial charge is 0.137 e. The molecule has 2 aromatic rings. The number of nitrogens with zero attached hydrogens (tertiary/aromatic N) is 2. The largest absolute Gasteiger partial charge is 0.495 e. The van der Waals surface area contributed by atoms with E-state index >= 15 is 0 Å². The van der Waals surface area contributed by atoms with Crippen LogP contribution in [-0.2, 0) is 7.05 Å². The van der Waals surface area contributed by atoms with E-state index in [1.165, 1.54) is 0 Å². The van der Waals surface area contributed by atoms with Crippen LogP contribution >= 0.6 is 27.5 Å². The lowest BCUT2D eigenvalue weighted by molar-refractivity contribution is 0.415. The van der Waals surface area contributed by atoms with Gasteiger partial charge in [-0.15, -0.1) is 0 Å². The van der Waals surface area contributed by atoms with Crippen LogP contribution in [0.3, 0.4) is 0 Å². The van der Waals surface area contributed by atoms with Gasteiger partial charge in [0.15, 0.2) is 0 Å². The van der Waals surface area contributed by atoms with E-state index in [1.54, 1.807) is 31.0 Å². The SMILES string of the molecule is COc1ccc(-c2nn(C)c(N)c2Br)cc1Cl. The molecule has 0 radical (unpaired) electrons. The van der Waals surface area contributed by atoms with Gasteiger partial charge in [0.05, 0.1) is 16.6 Å². The topological polar surface area (TPSA) is 53.1 Å². The minimum absolute atomic E-state index is 0.543. The van der Waals surface area contributed by atoms with Crippen molar-refractivity contribution in [3.05, 3.63) is 27.7 Å². The minimum atomic E-state index is 0.543. The maximum Gasteiger partial charge on any atom is 0.137 e. The minimum Gasteiger partial charge on any atom is -0.495 e. The van der Waals surface area contributed by atoms with Crippen molar-refractivity contribution in [1.82, 2.24) is 9.78 Å². The summed E-state index contributed by atoms with van der Waals surface area (Å²) < 4.78 is 7.47. The number of nitrogens with two attached hydrogens (primary N) is 1. The fourth-order valence-electron chi connectivity index (χ4n) is 1.51. The third kappa shape index (κ3) is 2.12. The standard InChI is InChI=1S/C11H11BrClN3O/c1-16-11(14)9(12)10(15-16)6-3-4-8(17-2)7(13)5-6/h3-5H,14H2,1-2H3. The Morgan fingerprint density at radius 1 is 1.47 bits per heavy atom. The number of hydrogen-bond acceptors (Lipinski definition) is 3. The van der Waals surface area contributed by atoms with Crippen LogP contribution in [-0.4, -0.2) is 16.9 Å². The van der Waals surface area contributed by atoms with Gasteiger partial charge in [0.1, 0.15) is 17.3 Å². The van der Waals surface area contributed by atoms with Gasteiger partial charge in [-0.25, -0.2) is 0 Å². The Kier molecular flexibility index (Phi) is 3.31. The molecule has 4 nitrogen and oxygen atoms in total. The first kappa shape index (κ1) is 12.3. The van der Waals surface area contributed by atoms with E-state index in [4.69, 9.17) is 22.1 Å². The van der Waals surface area contributed by atoms with Crippen molar-refractivity contribution in [3.8, 4) is 17.0 Å². The predicted octanol–water partition coefficient (Wildman–Crippen LogP) is 3.09. The quantitative estimate of drug-likeness (QED) is 0.926. The average Bonchev–Trinajstić information content (AvgIpc) is 2.57. The number of anilines is 1. The van der Waals surface area contributed by atoms with Gasteiger partial charge in [-0.2, -0.15) is 5.10 Å². The molecule has 0 amide bonds. The summed E-state index contributed by atoms with van der Waals surface area (Å²) in [6.07, 6.45) is 0. The van der Waals surface area contributed by atoms with Crippen LogP contribution in [0.2, 0.25) is 5.02 Å². The van der Waals surface area contributed by atoms with E-state index in [9.17, 15) is 0 Å². The lowest BCUT2D eigenvalue weighted by Crippen LogP contribution is -1.97. The lowest BCUT2D eigenvalue weighted by atomic mass is 10.1. The monoisotopic (exact) mass is 315 g/mol. The fourth-order valence-corrected chi connectivity index (χ4v) is 2.33. The summed E-state index contributed by atoms with van der Waals surface area (Å²) in [5.74, 6) is 1.21. The fraction of sp³-hybridized carbons (Fsp3) is 0.182. The second-order valence-corrected chi connectivity index (χ2v) is 4.72. The van der Waals surface area contributed by atoms with Crippen molar-refractivity contribution >= 4 is 33.3 Å². The summed E-state index contributed by atoms with van der Waals surface area (Å²) in [6.45, 7) is 0. The van der Waals surface area contributed by atoms with Crippen LogP contribution in [0, 0.1) is 0 Å². The Bertz CT molecular complexity index is 568. The highest BCUT2D eigenvalue weighted by atomic mass is 79.9. The molecule has 2 N–H and O–H groups in total. The average molecular weight is 317 g/mol. The van der Waals surface area contributed by atoms with Gasteiger partial charge in [0.2, 0.25) is 0 Å². The summed E-state index contributed by atoms with van der Waals surface area (Å²) in [5, 5.41) is 4.86. The number of aromatic nitrogens is 2. The number of methoxy groups -OCH3 is 1. The van der Waals surface area contributed by atoms with Gasteiger partial charge >= 0.3 is 0 Å². The Balaban J connectivity index is 2.53. The zero-order chi connectivity index (χ0) is 12.6. The van der Waals surface area contributed by atoms with Crippen molar-refractivity contribution in [2.75, 3.05) is 12.8 Å². The molecule has 90 valence electrons. The normalized spacial score (nSPS) is 10.6. The summed E-state index contributed by atoms with van der Waals surface area (Å²) in [6, 6.07) is 5.49. The van der Waals surface area contributed by atoms with Crippen molar-refractivity contribution in [1.29, 1.82) is 0 Å².